The Morgan fingerprint density at radius 1 is 1.47 bits per heavy atom. The van der Waals surface area contributed by atoms with E-state index < -0.39 is 5.60 Å². The monoisotopic (exact) mass is 307 g/mol. The molecule has 1 aromatic rings. The molecule has 84 valence electrons. The summed E-state index contributed by atoms with van der Waals surface area (Å²) < 4.78 is 0.823. The summed E-state index contributed by atoms with van der Waals surface area (Å²) in [6, 6.07) is 0. The Morgan fingerprint density at radius 3 is 2.73 bits per heavy atom. The van der Waals surface area contributed by atoms with Crippen LogP contribution < -0.4 is 0 Å². The zero-order valence-corrected chi connectivity index (χ0v) is 12.0. The van der Waals surface area contributed by atoms with Crippen molar-refractivity contribution < 1.29 is 5.11 Å². The van der Waals surface area contributed by atoms with E-state index in [-0.39, 0.29) is 5.41 Å². The van der Waals surface area contributed by atoms with Gasteiger partial charge in [0.05, 0.1) is 0 Å². The highest BCUT2D eigenvalue weighted by molar-refractivity contribution is 9.10. The predicted octanol–water partition coefficient (Wildman–Crippen LogP) is 3.26. The van der Waals surface area contributed by atoms with Crippen LogP contribution in [0, 0.1) is 5.41 Å². The quantitative estimate of drug-likeness (QED) is 0.864. The summed E-state index contributed by atoms with van der Waals surface area (Å²) >= 11 is 6.68. The summed E-state index contributed by atoms with van der Waals surface area (Å²) in [6.45, 7) is 4.40. The molecule has 1 aliphatic rings. The van der Waals surface area contributed by atoms with Gasteiger partial charge in [0, 0.05) is 11.1 Å². The molecule has 1 unspecified atom stereocenters. The standard InChI is InChI=1S/C10H14BrNOS2/c1-9(2)4-10(13,6-14-5-9)8-12-7(11)3-15-8/h3,13H,4-6H2,1-2H3. The minimum atomic E-state index is -0.733. The lowest BCUT2D eigenvalue weighted by Crippen LogP contribution is -2.40. The van der Waals surface area contributed by atoms with Crippen molar-refractivity contribution in [3.8, 4) is 0 Å². The predicted molar refractivity (Wildman–Crippen MR) is 69.4 cm³/mol. The number of aliphatic hydroxyl groups is 1. The van der Waals surface area contributed by atoms with Gasteiger partial charge in [-0.1, -0.05) is 13.8 Å². The largest absolute Gasteiger partial charge is 0.382 e. The number of hydrogen-bond donors (Lipinski definition) is 1. The highest BCUT2D eigenvalue weighted by atomic mass is 79.9. The highest BCUT2D eigenvalue weighted by Crippen LogP contribution is 2.45. The number of aromatic nitrogens is 1. The molecule has 2 heterocycles. The molecule has 1 aromatic heterocycles. The molecule has 0 saturated carbocycles. The molecule has 1 atom stereocenters. The Balaban J connectivity index is 2.26. The smallest absolute Gasteiger partial charge is 0.127 e. The van der Waals surface area contributed by atoms with E-state index in [1.54, 1.807) is 0 Å². The SMILES string of the molecule is CC1(C)CSCC(O)(c2nc(Br)cs2)C1. The molecule has 15 heavy (non-hydrogen) atoms. The maximum absolute atomic E-state index is 10.6. The van der Waals surface area contributed by atoms with Gasteiger partial charge in [-0.15, -0.1) is 11.3 Å². The first-order valence-electron chi connectivity index (χ1n) is 4.83. The number of halogens is 1. The van der Waals surface area contributed by atoms with Gasteiger partial charge in [-0.05, 0) is 33.5 Å². The van der Waals surface area contributed by atoms with E-state index >= 15 is 0 Å². The third kappa shape index (κ3) is 2.57. The minimum Gasteiger partial charge on any atom is -0.382 e. The summed E-state index contributed by atoms with van der Waals surface area (Å²) in [5.74, 6) is 1.87. The molecule has 1 aliphatic heterocycles. The van der Waals surface area contributed by atoms with E-state index in [0.717, 1.165) is 27.5 Å². The molecule has 2 rings (SSSR count). The van der Waals surface area contributed by atoms with E-state index in [0.29, 0.717) is 0 Å². The molecule has 0 aliphatic carbocycles. The van der Waals surface area contributed by atoms with Crippen LogP contribution in [0.3, 0.4) is 0 Å². The van der Waals surface area contributed by atoms with Crippen LogP contribution in [0.1, 0.15) is 25.3 Å². The average molecular weight is 308 g/mol. The van der Waals surface area contributed by atoms with E-state index in [2.05, 4.69) is 34.8 Å². The lowest BCUT2D eigenvalue weighted by atomic mass is 9.82. The zero-order chi connectivity index (χ0) is 11.1. The maximum atomic E-state index is 10.6. The molecule has 2 nitrogen and oxygen atoms in total. The van der Waals surface area contributed by atoms with Crippen LogP contribution in [0.5, 0.6) is 0 Å². The zero-order valence-electron chi connectivity index (χ0n) is 8.79. The van der Waals surface area contributed by atoms with Crippen molar-refractivity contribution in [2.75, 3.05) is 11.5 Å². The summed E-state index contributed by atoms with van der Waals surface area (Å²) in [4.78, 5) is 4.34. The summed E-state index contributed by atoms with van der Waals surface area (Å²) in [5, 5.41) is 13.4. The first-order valence-corrected chi connectivity index (χ1v) is 7.66. The van der Waals surface area contributed by atoms with Crippen LogP contribution in [0.4, 0.5) is 0 Å². The van der Waals surface area contributed by atoms with Gasteiger partial charge in [0.2, 0.25) is 0 Å². The number of thiazole rings is 1. The molecule has 1 fully saturated rings. The maximum Gasteiger partial charge on any atom is 0.127 e. The number of nitrogens with zero attached hydrogens (tertiary/aromatic N) is 1. The molecule has 1 N–H and O–H groups in total. The van der Waals surface area contributed by atoms with Crippen LogP contribution in [-0.2, 0) is 5.60 Å². The van der Waals surface area contributed by atoms with Gasteiger partial charge in [-0.3, -0.25) is 0 Å². The molecule has 0 bridgehead atoms. The van der Waals surface area contributed by atoms with Crippen LogP contribution >= 0.6 is 39.0 Å². The van der Waals surface area contributed by atoms with Crippen molar-refractivity contribution in [3.63, 3.8) is 0 Å². The number of hydrogen-bond acceptors (Lipinski definition) is 4. The lowest BCUT2D eigenvalue weighted by molar-refractivity contribution is 0.0153. The molecular weight excluding hydrogens is 294 g/mol. The van der Waals surface area contributed by atoms with Crippen LogP contribution in [0.25, 0.3) is 0 Å². The van der Waals surface area contributed by atoms with Gasteiger partial charge in [-0.2, -0.15) is 11.8 Å². The molecule has 0 aromatic carbocycles. The van der Waals surface area contributed by atoms with Gasteiger partial charge >= 0.3 is 0 Å². The second-order valence-electron chi connectivity index (χ2n) is 4.84. The fourth-order valence-corrected chi connectivity index (χ4v) is 4.77. The van der Waals surface area contributed by atoms with E-state index in [4.69, 9.17) is 0 Å². The second-order valence-corrected chi connectivity index (χ2v) is 7.50. The fourth-order valence-electron chi connectivity index (χ4n) is 2.00. The van der Waals surface area contributed by atoms with E-state index in [1.165, 1.54) is 11.3 Å². The van der Waals surface area contributed by atoms with Crippen molar-refractivity contribution in [1.29, 1.82) is 0 Å². The third-order valence-corrected chi connectivity index (χ3v) is 5.89. The summed E-state index contributed by atoms with van der Waals surface area (Å²) in [5.41, 5.74) is -0.543. The first kappa shape index (κ1) is 11.9. The normalized spacial score (nSPS) is 30.4. The summed E-state index contributed by atoms with van der Waals surface area (Å²) in [6.07, 6.45) is 0.799. The Bertz CT molecular complexity index is 366. The van der Waals surface area contributed by atoms with Crippen molar-refractivity contribution in [2.24, 2.45) is 5.41 Å². The number of thioether (sulfide) groups is 1. The van der Waals surface area contributed by atoms with Gasteiger partial charge in [-0.25, -0.2) is 4.98 Å². The lowest BCUT2D eigenvalue weighted by Gasteiger charge is -2.39. The molecule has 0 amide bonds. The summed E-state index contributed by atoms with van der Waals surface area (Å²) in [7, 11) is 0. The Hall–Kier alpha value is 0.420. The number of rotatable bonds is 1. The second kappa shape index (κ2) is 4.02. The Labute approximate surface area is 107 Å². The molecule has 0 radical (unpaired) electrons. The fraction of sp³-hybridized carbons (Fsp3) is 0.700. The van der Waals surface area contributed by atoms with Crippen molar-refractivity contribution >= 4 is 39.0 Å². The minimum absolute atomic E-state index is 0.190. The topological polar surface area (TPSA) is 33.1 Å². The first-order chi connectivity index (χ1) is 6.91. The van der Waals surface area contributed by atoms with E-state index in [9.17, 15) is 5.11 Å². The highest BCUT2D eigenvalue weighted by Gasteiger charge is 2.42. The Kier molecular flexibility index (Phi) is 3.19. The molecular formula is C10H14BrNOS2. The molecule has 5 heteroatoms. The van der Waals surface area contributed by atoms with Crippen molar-refractivity contribution in [2.45, 2.75) is 25.9 Å². The Morgan fingerprint density at radius 2 is 2.20 bits per heavy atom. The average Bonchev–Trinajstić information content (AvgIpc) is 2.49. The van der Waals surface area contributed by atoms with Gasteiger partial charge < -0.3 is 5.11 Å². The molecule has 0 spiro atoms. The van der Waals surface area contributed by atoms with Gasteiger partial charge in [0.15, 0.2) is 0 Å². The van der Waals surface area contributed by atoms with Crippen molar-refractivity contribution in [1.82, 2.24) is 4.98 Å². The van der Waals surface area contributed by atoms with Gasteiger partial charge in [0.1, 0.15) is 15.2 Å². The van der Waals surface area contributed by atoms with Crippen LogP contribution in [0.15, 0.2) is 9.98 Å². The van der Waals surface area contributed by atoms with Crippen LogP contribution in [-0.4, -0.2) is 21.6 Å². The van der Waals surface area contributed by atoms with E-state index in [1.807, 2.05) is 17.1 Å². The van der Waals surface area contributed by atoms with Crippen molar-refractivity contribution in [3.05, 3.63) is 15.0 Å². The molecule has 1 saturated heterocycles. The van der Waals surface area contributed by atoms with Crippen LogP contribution in [0.2, 0.25) is 0 Å². The van der Waals surface area contributed by atoms with Gasteiger partial charge in [0.25, 0.3) is 0 Å². The third-order valence-electron chi connectivity index (χ3n) is 2.48.